The van der Waals surface area contributed by atoms with Gasteiger partial charge in [0.2, 0.25) is 0 Å². The highest BCUT2D eigenvalue weighted by Crippen LogP contribution is 2.17. The van der Waals surface area contributed by atoms with Crippen LogP contribution in [0.25, 0.3) is 0 Å². The minimum atomic E-state index is -0.782. The molecule has 0 bridgehead atoms. The molecule has 0 unspecified atom stereocenters. The Labute approximate surface area is 118 Å². The van der Waals surface area contributed by atoms with Crippen LogP contribution < -0.4 is 4.90 Å². The van der Waals surface area contributed by atoms with Crippen molar-refractivity contribution in [1.82, 2.24) is 9.78 Å². The topological polar surface area (TPSA) is 58.4 Å². The number of carboxylic acid groups (broad SMARTS) is 1. The Hall–Kier alpha value is -2.30. The number of benzene rings is 1. The van der Waals surface area contributed by atoms with Crippen molar-refractivity contribution in [3.8, 4) is 0 Å². The molecule has 0 atom stereocenters. The molecule has 20 heavy (non-hydrogen) atoms. The van der Waals surface area contributed by atoms with Gasteiger partial charge in [-0.15, -0.1) is 0 Å². The molecule has 5 nitrogen and oxygen atoms in total. The highest BCUT2D eigenvalue weighted by molar-refractivity contribution is 5.67. The summed E-state index contributed by atoms with van der Waals surface area (Å²) in [6.07, 6.45) is 1.90. The molecule has 0 amide bonds. The maximum Gasteiger partial charge on any atom is 0.305 e. The fourth-order valence-corrected chi connectivity index (χ4v) is 2.14. The Bertz CT molecular complexity index is 551. The molecule has 0 aliphatic rings. The zero-order valence-electron chi connectivity index (χ0n) is 11.6. The van der Waals surface area contributed by atoms with Crippen molar-refractivity contribution in [3.63, 3.8) is 0 Å². The van der Waals surface area contributed by atoms with Gasteiger partial charge in [-0.05, 0) is 25.1 Å². The number of anilines is 1. The van der Waals surface area contributed by atoms with Gasteiger partial charge in [0, 0.05) is 25.0 Å². The van der Waals surface area contributed by atoms with Gasteiger partial charge in [0.05, 0.1) is 18.7 Å². The van der Waals surface area contributed by atoms with Crippen LogP contribution in [0.5, 0.6) is 0 Å². The number of carbonyl (C=O) groups is 1. The Morgan fingerprint density at radius 2 is 2.05 bits per heavy atom. The molecular formula is C15H19N3O2. The predicted octanol–water partition coefficient (Wildman–Crippen LogP) is 2.38. The lowest BCUT2D eigenvalue weighted by Gasteiger charge is -2.24. The lowest BCUT2D eigenvalue weighted by Crippen LogP contribution is -2.27. The first kappa shape index (κ1) is 14.1. The third kappa shape index (κ3) is 3.60. The van der Waals surface area contributed by atoms with E-state index in [2.05, 4.69) is 10.00 Å². The Balaban J connectivity index is 2.16. The molecule has 0 aliphatic carbocycles. The molecule has 1 aromatic heterocycles. The molecule has 5 heteroatoms. The van der Waals surface area contributed by atoms with E-state index in [0.717, 1.165) is 17.9 Å². The highest BCUT2D eigenvalue weighted by atomic mass is 16.4. The first-order valence-electron chi connectivity index (χ1n) is 6.73. The number of hydrogen-bond donors (Lipinski definition) is 1. The van der Waals surface area contributed by atoms with Crippen LogP contribution in [-0.4, -0.2) is 27.4 Å². The Morgan fingerprint density at radius 3 is 2.70 bits per heavy atom. The number of aromatic nitrogens is 2. The summed E-state index contributed by atoms with van der Waals surface area (Å²) in [7, 11) is 0. The van der Waals surface area contributed by atoms with E-state index in [4.69, 9.17) is 5.11 Å². The van der Waals surface area contributed by atoms with Crippen LogP contribution in [0.2, 0.25) is 0 Å². The van der Waals surface area contributed by atoms with Gasteiger partial charge in [0.25, 0.3) is 0 Å². The van der Waals surface area contributed by atoms with E-state index in [9.17, 15) is 4.79 Å². The summed E-state index contributed by atoms with van der Waals surface area (Å²) in [5.41, 5.74) is 2.11. The monoisotopic (exact) mass is 273 g/mol. The van der Waals surface area contributed by atoms with Gasteiger partial charge in [-0.3, -0.25) is 9.48 Å². The van der Waals surface area contributed by atoms with Gasteiger partial charge >= 0.3 is 5.97 Å². The molecule has 1 aromatic carbocycles. The molecule has 2 rings (SSSR count). The van der Waals surface area contributed by atoms with E-state index >= 15 is 0 Å². The van der Waals surface area contributed by atoms with Gasteiger partial charge in [-0.1, -0.05) is 18.2 Å². The molecule has 1 heterocycles. The zero-order chi connectivity index (χ0) is 14.4. The van der Waals surface area contributed by atoms with E-state index in [1.54, 1.807) is 6.20 Å². The minimum absolute atomic E-state index is 0.120. The maximum atomic E-state index is 10.8. The van der Waals surface area contributed by atoms with E-state index in [1.807, 2.05) is 48.0 Å². The number of aryl methyl sites for hydroxylation is 1. The normalized spacial score (nSPS) is 10.4. The van der Waals surface area contributed by atoms with Crippen molar-refractivity contribution in [1.29, 1.82) is 0 Å². The van der Waals surface area contributed by atoms with E-state index in [-0.39, 0.29) is 6.42 Å². The first-order valence-corrected chi connectivity index (χ1v) is 6.73. The SMILES string of the molecule is CCn1nccc1CN(CCC(=O)O)c1ccccc1. The lowest BCUT2D eigenvalue weighted by molar-refractivity contribution is -0.136. The molecule has 106 valence electrons. The molecule has 0 aliphatic heterocycles. The molecule has 2 aromatic rings. The standard InChI is InChI=1S/C15H19N3O2/c1-2-18-14(8-10-16-18)12-17(11-9-15(19)20)13-6-4-3-5-7-13/h3-8,10H,2,9,11-12H2,1H3,(H,19,20). The number of aliphatic carboxylic acids is 1. The smallest absolute Gasteiger partial charge is 0.305 e. The number of nitrogens with zero attached hydrogens (tertiary/aromatic N) is 3. The quantitative estimate of drug-likeness (QED) is 0.841. The van der Waals surface area contributed by atoms with Crippen molar-refractivity contribution in [2.75, 3.05) is 11.4 Å². The second-order valence-electron chi connectivity index (χ2n) is 4.54. The van der Waals surface area contributed by atoms with Crippen LogP contribution >= 0.6 is 0 Å². The second-order valence-corrected chi connectivity index (χ2v) is 4.54. The average Bonchev–Trinajstić information content (AvgIpc) is 2.91. The second kappa shape index (κ2) is 6.75. The molecule has 0 fully saturated rings. The molecule has 0 spiro atoms. The fraction of sp³-hybridized carbons (Fsp3) is 0.333. The molecule has 1 N–H and O–H groups in total. The van der Waals surface area contributed by atoms with Crippen LogP contribution in [0, 0.1) is 0 Å². The number of carboxylic acids is 1. The summed E-state index contributed by atoms with van der Waals surface area (Å²) in [4.78, 5) is 12.9. The zero-order valence-corrected chi connectivity index (χ0v) is 11.6. The van der Waals surface area contributed by atoms with E-state index in [1.165, 1.54) is 0 Å². The van der Waals surface area contributed by atoms with Crippen molar-refractivity contribution in [3.05, 3.63) is 48.3 Å². The van der Waals surface area contributed by atoms with E-state index < -0.39 is 5.97 Å². The first-order chi connectivity index (χ1) is 9.70. The summed E-state index contributed by atoms with van der Waals surface area (Å²) in [5.74, 6) is -0.782. The van der Waals surface area contributed by atoms with Crippen LogP contribution in [0.4, 0.5) is 5.69 Å². The average molecular weight is 273 g/mol. The molecular weight excluding hydrogens is 254 g/mol. The van der Waals surface area contributed by atoms with Crippen molar-refractivity contribution >= 4 is 11.7 Å². The largest absolute Gasteiger partial charge is 0.481 e. The van der Waals surface area contributed by atoms with Gasteiger partial charge in [-0.2, -0.15) is 5.10 Å². The Morgan fingerprint density at radius 1 is 1.30 bits per heavy atom. The summed E-state index contributed by atoms with van der Waals surface area (Å²) in [5, 5.41) is 13.1. The van der Waals surface area contributed by atoms with Crippen molar-refractivity contribution < 1.29 is 9.90 Å². The summed E-state index contributed by atoms with van der Waals surface area (Å²) >= 11 is 0. The van der Waals surface area contributed by atoms with Gasteiger partial charge in [-0.25, -0.2) is 0 Å². The van der Waals surface area contributed by atoms with E-state index in [0.29, 0.717) is 13.1 Å². The number of rotatable bonds is 7. The van der Waals surface area contributed by atoms with Crippen molar-refractivity contribution in [2.24, 2.45) is 0 Å². The van der Waals surface area contributed by atoms with Crippen LogP contribution in [-0.2, 0) is 17.9 Å². The minimum Gasteiger partial charge on any atom is -0.481 e. The molecule has 0 saturated heterocycles. The summed E-state index contributed by atoms with van der Waals surface area (Å²) in [6.45, 7) is 3.99. The molecule has 0 saturated carbocycles. The fourth-order valence-electron chi connectivity index (χ4n) is 2.14. The van der Waals surface area contributed by atoms with Crippen molar-refractivity contribution in [2.45, 2.75) is 26.4 Å². The Kier molecular flexibility index (Phi) is 4.76. The summed E-state index contributed by atoms with van der Waals surface area (Å²) < 4.78 is 1.93. The maximum absolute atomic E-state index is 10.8. The lowest BCUT2D eigenvalue weighted by atomic mass is 10.2. The van der Waals surface area contributed by atoms with Crippen LogP contribution in [0.1, 0.15) is 19.0 Å². The predicted molar refractivity (Wildman–Crippen MR) is 77.6 cm³/mol. The summed E-state index contributed by atoms with van der Waals surface area (Å²) in [6, 6.07) is 11.8. The van der Waals surface area contributed by atoms with Gasteiger partial charge in [0.15, 0.2) is 0 Å². The van der Waals surface area contributed by atoms with Crippen LogP contribution in [0.15, 0.2) is 42.6 Å². The third-order valence-corrected chi connectivity index (χ3v) is 3.17. The van der Waals surface area contributed by atoms with Gasteiger partial charge in [0.1, 0.15) is 0 Å². The van der Waals surface area contributed by atoms with Crippen LogP contribution in [0.3, 0.4) is 0 Å². The number of hydrogen-bond acceptors (Lipinski definition) is 3. The number of para-hydroxylation sites is 1. The third-order valence-electron chi connectivity index (χ3n) is 3.17. The highest BCUT2D eigenvalue weighted by Gasteiger charge is 2.11. The molecule has 0 radical (unpaired) electrons. The van der Waals surface area contributed by atoms with Gasteiger partial charge < -0.3 is 10.0 Å².